The van der Waals surface area contributed by atoms with Crippen molar-refractivity contribution in [3.05, 3.63) is 108 Å². The molecule has 2 aromatic carbocycles. The number of benzene rings is 2. The fourth-order valence-corrected chi connectivity index (χ4v) is 6.33. The maximum atomic E-state index is 9.75. The minimum Gasteiger partial charge on any atom is -0.493 e. The van der Waals surface area contributed by atoms with Gasteiger partial charge in [0.05, 0.1) is 28.4 Å². The fraction of sp³-hybridized carbons (Fsp3) is 0.353. The summed E-state index contributed by atoms with van der Waals surface area (Å²) in [7, 11) is -5.24. The van der Waals surface area contributed by atoms with E-state index in [0.29, 0.717) is 0 Å². The van der Waals surface area contributed by atoms with E-state index in [-0.39, 0.29) is 23.7 Å². The van der Waals surface area contributed by atoms with Crippen molar-refractivity contribution in [1.82, 2.24) is 0 Å². The van der Waals surface area contributed by atoms with Crippen molar-refractivity contribution in [1.29, 1.82) is 0 Å². The monoisotopic (exact) mass is 714 g/mol. The number of rotatable bonds is 10. The third kappa shape index (κ3) is 10.8. The van der Waals surface area contributed by atoms with E-state index in [1.165, 1.54) is 22.3 Å². The van der Waals surface area contributed by atoms with Gasteiger partial charge in [0, 0.05) is 24.3 Å². The molecule has 6 nitrogen and oxygen atoms in total. The highest BCUT2D eigenvalue weighted by Gasteiger charge is 2.53. The van der Waals surface area contributed by atoms with Crippen LogP contribution in [0, 0.1) is 0 Å². The maximum absolute atomic E-state index is 9.75. The van der Waals surface area contributed by atoms with Crippen LogP contribution in [-0.4, -0.2) is 42.9 Å². The minimum absolute atomic E-state index is 0.229. The molecule has 16 heteroatoms. The lowest BCUT2D eigenvalue weighted by atomic mass is 9.49. The highest BCUT2D eigenvalue weighted by atomic mass is 19.5. The van der Waals surface area contributed by atoms with Crippen LogP contribution >= 0.6 is 0 Å². The lowest BCUT2D eigenvalue weighted by molar-refractivity contribution is -0.693. The summed E-state index contributed by atoms with van der Waals surface area (Å²) >= 11 is 0. The molecule has 0 bridgehead atoms. The van der Waals surface area contributed by atoms with Crippen molar-refractivity contribution in [3.8, 4) is 23.0 Å². The van der Waals surface area contributed by atoms with Crippen molar-refractivity contribution in [2.45, 2.75) is 50.6 Å². The molecule has 0 saturated heterocycles. The van der Waals surface area contributed by atoms with Gasteiger partial charge >= 0.3 is 14.5 Å². The van der Waals surface area contributed by atoms with Gasteiger partial charge < -0.3 is 53.5 Å². The highest BCUT2D eigenvalue weighted by molar-refractivity contribution is 6.50. The van der Waals surface area contributed by atoms with E-state index in [0.717, 1.165) is 36.1 Å². The molecule has 0 radical (unpaired) electrons. The van der Waals surface area contributed by atoms with E-state index in [2.05, 4.69) is 96.3 Å². The summed E-state index contributed by atoms with van der Waals surface area (Å²) in [4.78, 5) is 0. The molecule has 0 spiro atoms. The second-order valence-corrected chi connectivity index (χ2v) is 11.2. The molecule has 2 aromatic heterocycles. The first kappa shape index (κ1) is 39.9. The molecule has 0 unspecified atom stereocenters. The SMILES string of the molecule is CC[n+]1ccc(C2C(c3ccc(OC)c(OC)c3)C(c3cc[n+](CC)cc3)C2c2ccc(OC)c(OC)c2)cc1.F[B-](F)(F)F.F[B-](F)(F)F. The van der Waals surface area contributed by atoms with Crippen LogP contribution in [0.1, 0.15) is 59.8 Å². The Hall–Kier alpha value is -4.49. The summed E-state index contributed by atoms with van der Waals surface area (Å²) in [5, 5.41) is 0. The van der Waals surface area contributed by atoms with Crippen molar-refractivity contribution in [2.75, 3.05) is 28.4 Å². The van der Waals surface area contributed by atoms with Gasteiger partial charge in [0.2, 0.25) is 0 Å². The Morgan fingerprint density at radius 3 is 0.940 bits per heavy atom. The van der Waals surface area contributed by atoms with Crippen LogP contribution in [0.4, 0.5) is 34.5 Å². The van der Waals surface area contributed by atoms with Gasteiger partial charge in [-0.15, -0.1) is 0 Å². The fourth-order valence-electron chi connectivity index (χ4n) is 6.33. The van der Waals surface area contributed by atoms with Crippen LogP contribution in [0.15, 0.2) is 85.5 Å². The van der Waals surface area contributed by atoms with E-state index in [9.17, 15) is 34.5 Å². The molecule has 0 amide bonds. The summed E-state index contributed by atoms with van der Waals surface area (Å²) < 4.78 is 105. The third-order valence-electron chi connectivity index (χ3n) is 8.47. The average Bonchev–Trinajstić information content (AvgIpc) is 3.06. The zero-order chi connectivity index (χ0) is 37.2. The number of pyridine rings is 2. The first-order valence-electron chi connectivity index (χ1n) is 15.7. The number of aryl methyl sites for hydroxylation is 2. The van der Waals surface area contributed by atoms with Gasteiger partial charge in [-0.1, -0.05) is 12.1 Å². The molecule has 5 rings (SSSR count). The molecule has 0 aliphatic heterocycles. The predicted molar refractivity (Wildman–Crippen MR) is 175 cm³/mol. The second-order valence-electron chi connectivity index (χ2n) is 11.2. The molecular weight excluding hydrogens is 674 g/mol. The summed E-state index contributed by atoms with van der Waals surface area (Å²) in [6, 6.07) is 21.9. The maximum Gasteiger partial charge on any atom is 0.673 e. The van der Waals surface area contributed by atoms with Crippen molar-refractivity contribution < 1.29 is 62.6 Å². The molecule has 50 heavy (non-hydrogen) atoms. The quantitative estimate of drug-likeness (QED) is 0.0942. The summed E-state index contributed by atoms with van der Waals surface area (Å²) in [5.41, 5.74) is 5.12. The molecule has 1 aliphatic carbocycles. The molecule has 0 atom stereocenters. The van der Waals surface area contributed by atoms with E-state index in [1.54, 1.807) is 28.4 Å². The van der Waals surface area contributed by atoms with E-state index >= 15 is 0 Å². The molecule has 1 saturated carbocycles. The molecule has 4 aromatic rings. The predicted octanol–water partition coefficient (Wildman–Crippen LogP) is 8.38. The van der Waals surface area contributed by atoms with Gasteiger partial charge in [-0.3, -0.25) is 0 Å². The second kappa shape index (κ2) is 17.4. The van der Waals surface area contributed by atoms with Crippen LogP contribution in [-0.2, 0) is 13.1 Å². The van der Waals surface area contributed by atoms with Crippen LogP contribution < -0.4 is 28.1 Å². The van der Waals surface area contributed by atoms with Crippen LogP contribution in [0.3, 0.4) is 0 Å². The zero-order valence-electron chi connectivity index (χ0n) is 28.5. The third-order valence-corrected chi connectivity index (χ3v) is 8.47. The summed E-state index contributed by atoms with van der Waals surface area (Å²) in [6.45, 7) is 6.20. The number of halogens is 8. The van der Waals surface area contributed by atoms with E-state index < -0.39 is 14.5 Å². The number of aromatic nitrogens is 2. The molecule has 1 aliphatic rings. The van der Waals surface area contributed by atoms with Gasteiger partial charge in [-0.05, 0) is 84.0 Å². The van der Waals surface area contributed by atoms with Crippen molar-refractivity contribution in [2.24, 2.45) is 0 Å². The Morgan fingerprint density at radius 2 is 0.700 bits per heavy atom. The highest BCUT2D eigenvalue weighted by Crippen LogP contribution is 2.67. The van der Waals surface area contributed by atoms with Gasteiger partial charge in [-0.2, -0.15) is 0 Å². The molecule has 2 heterocycles. The summed E-state index contributed by atoms with van der Waals surface area (Å²) in [5.74, 6) is 3.92. The normalized spacial score (nSPS) is 18.4. The number of hydrogen-bond donors (Lipinski definition) is 0. The van der Waals surface area contributed by atoms with Crippen molar-refractivity contribution in [3.63, 3.8) is 0 Å². The molecule has 272 valence electrons. The van der Waals surface area contributed by atoms with E-state index in [1.807, 2.05) is 12.1 Å². The molecule has 1 fully saturated rings. The van der Waals surface area contributed by atoms with Gasteiger partial charge in [0.1, 0.15) is 13.1 Å². The number of ether oxygens (including phenoxy) is 4. The number of nitrogens with zero attached hydrogens (tertiary/aromatic N) is 2. The Kier molecular flexibility index (Phi) is 13.9. The van der Waals surface area contributed by atoms with Crippen LogP contribution in [0.5, 0.6) is 23.0 Å². The Morgan fingerprint density at radius 1 is 0.440 bits per heavy atom. The van der Waals surface area contributed by atoms with Crippen LogP contribution in [0.25, 0.3) is 0 Å². The zero-order valence-corrected chi connectivity index (χ0v) is 28.5. The standard InChI is InChI=1S/C34H40N2O4.2BF4/c1-7-35-17-13-23(14-18-35)31-33(25-9-11-27(37-3)29(21-25)39-5)32(24-15-19-36(8-2)20-16-24)34(31)26-10-12-28(38-4)30(22-26)40-6;2*2-1(3,4)5/h9-22,31-34H,7-8H2,1-6H3;;/q+2;2*-1. The van der Waals surface area contributed by atoms with Crippen molar-refractivity contribution >= 4 is 14.5 Å². The topological polar surface area (TPSA) is 44.7 Å². The molecule has 0 N–H and O–H groups in total. The first-order chi connectivity index (χ1) is 23.6. The molecular formula is C34H40B2F8N2O4. The van der Waals surface area contributed by atoms with Gasteiger partial charge in [0.15, 0.2) is 47.8 Å². The Bertz CT molecular complexity index is 1520. The van der Waals surface area contributed by atoms with Gasteiger partial charge in [-0.25, -0.2) is 9.13 Å². The Balaban J connectivity index is 0.000000595. The minimum atomic E-state index is -6.00. The first-order valence-corrected chi connectivity index (χ1v) is 15.7. The largest absolute Gasteiger partial charge is 0.673 e. The van der Waals surface area contributed by atoms with Gasteiger partial charge in [0.25, 0.3) is 0 Å². The summed E-state index contributed by atoms with van der Waals surface area (Å²) in [6.07, 6.45) is 8.75. The van der Waals surface area contributed by atoms with E-state index in [4.69, 9.17) is 18.9 Å². The number of hydrogen-bond acceptors (Lipinski definition) is 4. The average molecular weight is 714 g/mol. The smallest absolute Gasteiger partial charge is 0.493 e. The van der Waals surface area contributed by atoms with Crippen LogP contribution in [0.2, 0.25) is 0 Å². The Labute approximate surface area is 286 Å². The lowest BCUT2D eigenvalue weighted by Gasteiger charge is -2.53. The lowest BCUT2D eigenvalue weighted by Crippen LogP contribution is -2.41. The number of methoxy groups -OCH3 is 4.